The number of hydrogen-bond donors (Lipinski definition) is 0. The molecule has 0 fully saturated rings. The molecule has 0 amide bonds. The van der Waals surface area contributed by atoms with E-state index in [0.29, 0.717) is 0 Å². The van der Waals surface area contributed by atoms with Crippen LogP contribution in [0.4, 0.5) is 0 Å². The predicted molar refractivity (Wildman–Crippen MR) is 94.0 cm³/mol. The first-order valence-corrected chi connectivity index (χ1v) is 8.93. The van der Waals surface area contributed by atoms with E-state index in [4.69, 9.17) is 0 Å². The van der Waals surface area contributed by atoms with Crippen LogP contribution in [-0.4, -0.2) is 0 Å². The molecule has 0 aliphatic rings. The second-order valence-electron chi connectivity index (χ2n) is 7.96. The molecule has 0 aliphatic carbocycles. The molecule has 3 atom stereocenters. The van der Waals surface area contributed by atoms with Gasteiger partial charge in [0.2, 0.25) is 0 Å². The fraction of sp³-hybridized carbons (Fsp3) is 0.900. The maximum Gasteiger partial charge on any atom is -0.0257 e. The van der Waals surface area contributed by atoms with Crippen LogP contribution in [0, 0.1) is 29.6 Å². The summed E-state index contributed by atoms with van der Waals surface area (Å²) in [7, 11) is 0. The molecule has 0 nitrogen and oxygen atoms in total. The van der Waals surface area contributed by atoms with Gasteiger partial charge in [-0.3, -0.25) is 0 Å². The lowest BCUT2D eigenvalue weighted by Crippen LogP contribution is -2.12. The van der Waals surface area contributed by atoms with Gasteiger partial charge < -0.3 is 0 Å². The second kappa shape index (κ2) is 10.5. The minimum atomic E-state index is 0.739. The van der Waals surface area contributed by atoms with E-state index in [1.54, 1.807) is 5.57 Å². The molecule has 0 aromatic rings. The Morgan fingerprint density at radius 1 is 0.950 bits per heavy atom. The van der Waals surface area contributed by atoms with E-state index in [1.807, 2.05) is 0 Å². The van der Waals surface area contributed by atoms with Crippen molar-refractivity contribution in [1.82, 2.24) is 0 Å². The van der Waals surface area contributed by atoms with Gasteiger partial charge in [0.25, 0.3) is 0 Å². The van der Waals surface area contributed by atoms with Gasteiger partial charge in [-0.15, -0.1) is 0 Å². The Labute approximate surface area is 129 Å². The Balaban J connectivity index is 4.39. The average molecular weight is 281 g/mol. The highest BCUT2D eigenvalue weighted by atomic mass is 14.2. The van der Waals surface area contributed by atoms with Crippen molar-refractivity contribution in [1.29, 1.82) is 0 Å². The van der Waals surface area contributed by atoms with Gasteiger partial charge in [0.1, 0.15) is 0 Å². The third-order valence-corrected chi connectivity index (χ3v) is 4.43. The summed E-state index contributed by atoms with van der Waals surface area (Å²) >= 11 is 0. The molecule has 120 valence electrons. The molecule has 0 aliphatic heterocycles. The first-order chi connectivity index (χ1) is 9.26. The first-order valence-electron chi connectivity index (χ1n) is 8.93. The molecule has 0 saturated heterocycles. The minimum absolute atomic E-state index is 0.739. The van der Waals surface area contributed by atoms with Gasteiger partial charge in [-0.25, -0.2) is 0 Å². The molecule has 3 unspecified atom stereocenters. The molecule has 0 aromatic carbocycles. The summed E-state index contributed by atoms with van der Waals surface area (Å²) in [5.74, 6) is 4.08. The van der Waals surface area contributed by atoms with Crippen molar-refractivity contribution in [2.75, 3.05) is 0 Å². The van der Waals surface area contributed by atoms with Crippen molar-refractivity contribution in [2.45, 2.75) is 87.5 Å². The predicted octanol–water partition coefficient (Wildman–Crippen LogP) is 7.10. The molecule has 20 heavy (non-hydrogen) atoms. The normalized spacial score (nSPS) is 17.6. The lowest BCUT2D eigenvalue weighted by molar-refractivity contribution is 0.314. The largest absolute Gasteiger partial charge is 0.0827 e. The van der Waals surface area contributed by atoms with Gasteiger partial charge in [0.15, 0.2) is 0 Å². The Morgan fingerprint density at radius 2 is 1.55 bits per heavy atom. The molecular weight excluding hydrogens is 240 g/mol. The van der Waals surface area contributed by atoms with Crippen molar-refractivity contribution in [3.8, 4) is 0 Å². The highest BCUT2D eigenvalue weighted by Gasteiger charge is 2.16. The van der Waals surface area contributed by atoms with E-state index in [0.717, 1.165) is 29.6 Å². The number of allylic oxidation sites excluding steroid dienone is 2. The molecule has 0 radical (unpaired) electrons. The van der Waals surface area contributed by atoms with E-state index >= 15 is 0 Å². The van der Waals surface area contributed by atoms with Crippen molar-refractivity contribution >= 4 is 0 Å². The second-order valence-corrected chi connectivity index (χ2v) is 7.96. The van der Waals surface area contributed by atoms with Crippen molar-refractivity contribution < 1.29 is 0 Å². The van der Waals surface area contributed by atoms with Crippen LogP contribution >= 0.6 is 0 Å². The van der Waals surface area contributed by atoms with Crippen LogP contribution in [0.25, 0.3) is 0 Å². The zero-order valence-corrected chi connectivity index (χ0v) is 15.5. The fourth-order valence-corrected chi connectivity index (χ4v) is 3.48. The van der Waals surface area contributed by atoms with E-state index in [9.17, 15) is 0 Å². The van der Waals surface area contributed by atoms with Crippen molar-refractivity contribution in [3.63, 3.8) is 0 Å². The summed E-state index contributed by atoms with van der Waals surface area (Å²) in [4.78, 5) is 0. The lowest BCUT2D eigenvalue weighted by Gasteiger charge is -2.24. The van der Waals surface area contributed by atoms with Gasteiger partial charge in [-0.05, 0) is 55.8 Å². The SMILES string of the molecule is CCCC(C)CC(C)/C=C(\C)CC(CC(C)C)C(C)C. The molecule has 0 aromatic heterocycles. The highest BCUT2D eigenvalue weighted by molar-refractivity contribution is 5.02. The van der Waals surface area contributed by atoms with Crippen LogP contribution in [-0.2, 0) is 0 Å². The van der Waals surface area contributed by atoms with Gasteiger partial charge >= 0.3 is 0 Å². The topological polar surface area (TPSA) is 0 Å². The molecule has 0 N–H and O–H groups in total. The Hall–Kier alpha value is -0.260. The fourth-order valence-electron chi connectivity index (χ4n) is 3.48. The van der Waals surface area contributed by atoms with E-state index in [2.05, 4.69) is 61.5 Å². The lowest BCUT2D eigenvalue weighted by atomic mass is 9.82. The van der Waals surface area contributed by atoms with Crippen molar-refractivity contribution in [3.05, 3.63) is 11.6 Å². The molecule has 0 heteroatoms. The molecular formula is C20H40. The quantitative estimate of drug-likeness (QED) is 0.374. The summed E-state index contributed by atoms with van der Waals surface area (Å²) < 4.78 is 0. The Kier molecular flexibility index (Phi) is 10.3. The molecule has 0 saturated carbocycles. The van der Waals surface area contributed by atoms with Gasteiger partial charge in [0, 0.05) is 0 Å². The Morgan fingerprint density at radius 3 is 2.00 bits per heavy atom. The van der Waals surface area contributed by atoms with Crippen LogP contribution in [0.15, 0.2) is 11.6 Å². The third kappa shape index (κ3) is 9.61. The van der Waals surface area contributed by atoms with Gasteiger partial charge in [-0.2, -0.15) is 0 Å². The van der Waals surface area contributed by atoms with Crippen LogP contribution in [0.1, 0.15) is 87.5 Å². The van der Waals surface area contributed by atoms with Crippen LogP contribution in [0.2, 0.25) is 0 Å². The van der Waals surface area contributed by atoms with Crippen LogP contribution in [0.3, 0.4) is 0 Å². The Bertz CT molecular complexity index is 259. The van der Waals surface area contributed by atoms with Crippen molar-refractivity contribution in [2.24, 2.45) is 29.6 Å². The number of rotatable bonds is 10. The summed E-state index contributed by atoms with van der Waals surface area (Å²) in [5.41, 5.74) is 1.61. The zero-order valence-electron chi connectivity index (χ0n) is 15.5. The molecule has 0 heterocycles. The highest BCUT2D eigenvalue weighted by Crippen LogP contribution is 2.28. The van der Waals surface area contributed by atoms with Gasteiger partial charge in [0.05, 0.1) is 0 Å². The number of hydrogen-bond acceptors (Lipinski definition) is 0. The van der Waals surface area contributed by atoms with Crippen LogP contribution in [0.5, 0.6) is 0 Å². The summed E-state index contributed by atoms with van der Waals surface area (Å²) in [6, 6.07) is 0. The molecule has 0 bridgehead atoms. The van der Waals surface area contributed by atoms with E-state index in [-0.39, 0.29) is 0 Å². The third-order valence-electron chi connectivity index (χ3n) is 4.43. The van der Waals surface area contributed by atoms with E-state index < -0.39 is 0 Å². The standard InChI is InChI=1S/C20H40/c1-9-10-17(6)12-18(7)13-19(8)14-20(16(4)5)11-15(2)3/h13,15-18,20H,9-12,14H2,1-8H3/b19-13+. The first kappa shape index (κ1) is 19.7. The van der Waals surface area contributed by atoms with Crippen LogP contribution < -0.4 is 0 Å². The zero-order chi connectivity index (χ0) is 15.7. The molecule has 0 spiro atoms. The molecule has 0 rings (SSSR count). The monoisotopic (exact) mass is 280 g/mol. The van der Waals surface area contributed by atoms with E-state index in [1.165, 1.54) is 32.1 Å². The average Bonchev–Trinajstić information content (AvgIpc) is 2.26. The van der Waals surface area contributed by atoms with Gasteiger partial charge in [-0.1, -0.05) is 73.0 Å². The smallest absolute Gasteiger partial charge is 0.0257 e. The maximum absolute atomic E-state index is 2.54. The maximum atomic E-state index is 2.54. The minimum Gasteiger partial charge on any atom is -0.0827 e. The summed E-state index contributed by atoms with van der Waals surface area (Å²) in [6.07, 6.45) is 9.25. The summed E-state index contributed by atoms with van der Waals surface area (Å²) in [6.45, 7) is 18.9. The summed E-state index contributed by atoms with van der Waals surface area (Å²) in [5, 5.41) is 0.